The van der Waals surface area contributed by atoms with E-state index in [2.05, 4.69) is 37.1 Å². The Morgan fingerprint density at radius 3 is 2.74 bits per heavy atom. The van der Waals surface area contributed by atoms with Gasteiger partial charge in [0.25, 0.3) is 0 Å². The molecule has 1 heterocycles. The summed E-state index contributed by atoms with van der Waals surface area (Å²) in [6.07, 6.45) is 1.48. The van der Waals surface area contributed by atoms with Crippen molar-refractivity contribution >= 4 is 16.6 Å². The van der Waals surface area contributed by atoms with Crippen LogP contribution in [0, 0.1) is 22.6 Å². The second kappa shape index (κ2) is 4.85. The summed E-state index contributed by atoms with van der Waals surface area (Å²) < 4.78 is 14.0. The van der Waals surface area contributed by atoms with Gasteiger partial charge in [-0.1, -0.05) is 26.8 Å². The number of aromatic nitrogens is 1. The molecule has 0 radical (unpaired) electrons. The Morgan fingerprint density at radius 2 is 2.11 bits per heavy atom. The molecule has 0 saturated heterocycles. The summed E-state index contributed by atoms with van der Waals surface area (Å²) in [7, 11) is 0. The molecule has 1 aromatic carbocycles. The van der Waals surface area contributed by atoms with E-state index in [0.717, 1.165) is 0 Å². The first-order chi connectivity index (χ1) is 8.92. The van der Waals surface area contributed by atoms with E-state index in [0.29, 0.717) is 28.7 Å². The van der Waals surface area contributed by atoms with E-state index in [1.54, 1.807) is 12.1 Å². The molecule has 0 saturated carbocycles. The molecule has 0 bridgehead atoms. The van der Waals surface area contributed by atoms with E-state index in [-0.39, 0.29) is 11.2 Å². The van der Waals surface area contributed by atoms with Gasteiger partial charge in [0.05, 0.1) is 22.2 Å². The van der Waals surface area contributed by atoms with E-state index in [1.165, 1.54) is 12.3 Å². The van der Waals surface area contributed by atoms with Crippen LogP contribution in [0.3, 0.4) is 0 Å². The Hall–Kier alpha value is -2.15. The monoisotopic (exact) mass is 257 g/mol. The fourth-order valence-electron chi connectivity index (χ4n) is 1.82. The van der Waals surface area contributed by atoms with Gasteiger partial charge in [-0.25, -0.2) is 4.39 Å². The molecular formula is C15H16FN3. The third kappa shape index (κ3) is 2.82. The number of benzene rings is 1. The van der Waals surface area contributed by atoms with Crippen LogP contribution in [0.4, 0.5) is 10.1 Å². The molecule has 2 rings (SSSR count). The lowest BCUT2D eigenvalue weighted by atomic mass is 9.96. The van der Waals surface area contributed by atoms with E-state index in [9.17, 15) is 4.39 Å². The van der Waals surface area contributed by atoms with Crippen LogP contribution in [-0.4, -0.2) is 11.5 Å². The van der Waals surface area contributed by atoms with Crippen LogP contribution in [0.15, 0.2) is 24.4 Å². The fraction of sp³-hybridized carbons (Fsp3) is 0.333. The van der Waals surface area contributed by atoms with Gasteiger partial charge in [0, 0.05) is 12.7 Å². The minimum Gasteiger partial charge on any atom is -0.383 e. The van der Waals surface area contributed by atoms with Crippen molar-refractivity contribution in [2.45, 2.75) is 20.8 Å². The van der Waals surface area contributed by atoms with Crippen LogP contribution in [0.1, 0.15) is 26.3 Å². The van der Waals surface area contributed by atoms with E-state index < -0.39 is 0 Å². The molecule has 98 valence electrons. The quantitative estimate of drug-likeness (QED) is 0.892. The number of pyridine rings is 1. The zero-order valence-corrected chi connectivity index (χ0v) is 11.3. The van der Waals surface area contributed by atoms with Crippen LogP contribution >= 0.6 is 0 Å². The zero-order chi connectivity index (χ0) is 14.0. The molecule has 0 fully saturated rings. The normalized spacial score (nSPS) is 11.3. The number of halogens is 1. The smallest absolute Gasteiger partial charge is 0.134 e. The van der Waals surface area contributed by atoms with Crippen LogP contribution in [0.25, 0.3) is 10.9 Å². The van der Waals surface area contributed by atoms with Gasteiger partial charge < -0.3 is 5.32 Å². The fourth-order valence-corrected chi connectivity index (χ4v) is 1.82. The molecular weight excluding hydrogens is 241 g/mol. The standard InChI is InChI=1S/C15H16FN3/c1-15(2,3)9-19-14-10(7-17)8-18-12-6-4-5-11(16)13(12)14/h4-6,8H,9H2,1-3H3,(H,18,19). The lowest BCUT2D eigenvalue weighted by molar-refractivity contribution is 0.443. The van der Waals surface area contributed by atoms with Crippen LogP contribution in [0.5, 0.6) is 0 Å². The van der Waals surface area contributed by atoms with Crippen LogP contribution < -0.4 is 5.32 Å². The minimum atomic E-state index is -0.362. The molecule has 0 spiro atoms. The first-order valence-electron chi connectivity index (χ1n) is 6.13. The SMILES string of the molecule is CC(C)(C)CNc1c(C#N)cnc2cccc(F)c12. The van der Waals surface area contributed by atoms with Gasteiger partial charge in [-0.2, -0.15) is 5.26 Å². The van der Waals surface area contributed by atoms with Crippen molar-refractivity contribution in [2.24, 2.45) is 5.41 Å². The average Bonchev–Trinajstić information content (AvgIpc) is 2.35. The molecule has 3 nitrogen and oxygen atoms in total. The van der Waals surface area contributed by atoms with Crippen molar-refractivity contribution in [3.8, 4) is 6.07 Å². The predicted octanol–water partition coefficient (Wildman–Crippen LogP) is 3.70. The Kier molecular flexibility index (Phi) is 3.39. The Morgan fingerprint density at radius 1 is 1.37 bits per heavy atom. The number of hydrogen-bond donors (Lipinski definition) is 1. The van der Waals surface area contributed by atoms with Gasteiger partial charge >= 0.3 is 0 Å². The predicted molar refractivity (Wildman–Crippen MR) is 74.4 cm³/mol. The lowest BCUT2D eigenvalue weighted by Crippen LogP contribution is -2.20. The maximum absolute atomic E-state index is 14.0. The van der Waals surface area contributed by atoms with Gasteiger partial charge in [-0.3, -0.25) is 4.98 Å². The third-order valence-electron chi connectivity index (χ3n) is 2.76. The van der Waals surface area contributed by atoms with Gasteiger partial charge in [-0.15, -0.1) is 0 Å². The number of nitrogens with one attached hydrogen (secondary N) is 1. The summed E-state index contributed by atoms with van der Waals surface area (Å²) in [4.78, 5) is 4.12. The van der Waals surface area contributed by atoms with Gasteiger partial charge in [-0.05, 0) is 17.5 Å². The van der Waals surface area contributed by atoms with Gasteiger partial charge in [0.15, 0.2) is 0 Å². The number of fused-ring (bicyclic) bond motifs is 1. The van der Waals surface area contributed by atoms with Crippen molar-refractivity contribution in [3.63, 3.8) is 0 Å². The van der Waals surface area contributed by atoms with Crippen molar-refractivity contribution in [1.29, 1.82) is 5.26 Å². The first-order valence-corrected chi connectivity index (χ1v) is 6.13. The summed E-state index contributed by atoms with van der Waals surface area (Å²) in [5, 5.41) is 12.7. The largest absolute Gasteiger partial charge is 0.383 e. The molecule has 0 amide bonds. The number of nitriles is 1. The number of nitrogens with zero attached hydrogens (tertiary/aromatic N) is 2. The Labute approximate surface area is 112 Å². The van der Waals surface area contributed by atoms with Crippen molar-refractivity contribution in [3.05, 3.63) is 35.8 Å². The molecule has 2 aromatic rings. The maximum Gasteiger partial charge on any atom is 0.134 e. The average molecular weight is 257 g/mol. The van der Waals surface area contributed by atoms with Gasteiger partial charge in [0.2, 0.25) is 0 Å². The molecule has 0 aliphatic rings. The number of hydrogen-bond acceptors (Lipinski definition) is 3. The summed E-state index contributed by atoms with van der Waals surface area (Å²) in [5.41, 5.74) is 1.48. The van der Waals surface area contributed by atoms with Crippen molar-refractivity contribution < 1.29 is 4.39 Å². The van der Waals surface area contributed by atoms with Crippen molar-refractivity contribution in [1.82, 2.24) is 4.98 Å². The topological polar surface area (TPSA) is 48.7 Å². The van der Waals surface area contributed by atoms with Gasteiger partial charge in [0.1, 0.15) is 11.9 Å². The van der Waals surface area contributed by atoms with Crippen LogP contribution in [0.2, 0.25) is 0 Å². The molecule has 0 aliphatic heterocycles. The third-order valence-corrected chi connectivity index (χ3v) is 2.76. The highest BCUT2D eigenvalue weighted by atomic mass is 19.1. The second-order valence-electron chi connectivity index (χ2n) is 5.71. The minimum absolute atomic E-state index is 0.0353. The lowest BCUT2D eigenvalue weighted by Gasteiger charge is -2.21. The van der Waals surface area contributed by atoms with E-state index in [4.69, 9.17) is 5.26 Å². The molecule has 4 heteroatoms. The molecule has 0 aliphatic carbocycles. The molecule has 1 aromatic heterocycles. The molecule has 19 heavy (non-hydrogen) atoms. The zero-order valence-electron chi connectivity index (χ0n) is 11.3. The van der Waals surface area contributed by atoms with Crippen molar-refractivity contribution in [2.75, 3.05) is 11.9 Å². The highest BCUT2D eigenvalue weighted by Crippen LogP contribution is 2.29. The summed E-state index contributed by atoms with van der Waals surface area (Å²) >= 11 is 0. The Balaban J connectivity index is 2.58. The number of anilines is 1. The van der Waals surface area contributed by atoms with E-state index in [1.807, 2.05) is 0 Å². The highest BCUT2D eigenvalue weighted by Gasteiger charge is 2.15. The Bertz CT molecular complexity index is 651. The molecule has 1 N–H and O–H groups in total. The maximum atomic E-state index is 14.0. The first kappa shape index (κ1) is 13.3. The summed E-state index contributed by atoms with van der Waals surface area (Å²) in [6.45, 7) is 6.87. The number of rotatable bonds is 2. The van der Waals surface area contributed by atoms with Crippen LogP contribution in [-0.2, 0) is 0 Å². The summed E-state index contributed by atoms with van der Waals surface area (Å²) in [5.74, 6) is -0.362. The highest BCUT2D eigenvalue weighted by molar-refractivity contribution is 5.94. The second-order valence-corrected chi connectivity index (χ2v) is 5.71. The molecule has 0 atom stereocenters. The molecule has 0 unspecified atom stereocenters. The summed E-state index contributed by atoms with van der Waals surface area (Å²) in [6, 6.07) is 6.80. The van der Waals surface area contributed by atoms with E-state index >= 15 is 0 Å².